The molecule has 5 rings (SSSR count). The van der Waals surface area contributed by atoms with Gasteiger partial charge in [-0.25, -0.2) is 0 Å². The predicted molar refractivity (Wildman–Crippen MR) is 132 cm³/mol. The van der Waals surface area contributed by atoms with E-state index in [1.54, 1.807) is 7.11 Å². The quantitative estimate of drug-likeness (QED) is 0.254. The van der Waals surface area contributed by atoms with Crippen LogP contribution in [0.1, 0.15) is 0 Å². The van der Waals surface area contributed by atoms with Crippen LogP contribution in [0.15, 0.2) is 95.5 Å². The van der Waals surface area contributed by atoms with Crippen molar-refractivity contribution < 1.29 is 4.74 Å². The van der Waals surface area contributed by atoms with Crippen molar-refractivity contribution in [3.8, 4) is 28.0 Å². The highest BCUT2D eigenvalue weighted by atomic mass is 79.9. The normalized spacial score (nSPS) is 11.2. The predicted octanol–water partition coefficient (Wildman–Crippen LogP) is 8.75. The highest BCUT2D eigenvalue weighted by Crippen LogP contribution is 2.42. The second-order valence-electron chi connectivity index (χ2n) is 7.19. The number of rotatable bonds is 3. The van der Waals surface area contributed by atoms with Crippen molar-refractivity contribution in [3.05, 3.63) is 100 Å². The van der Waals surface area contributed by atoms with E-state index >= 15 is 0 Å². The number of hydrogen-bond donors (Lipinski definition) is 0. The van der Waals surface area contributed by atoms with Gasteiger partial charge in [-0.3, -0.25) is 0 Å². The number of ether oxygens (including phenoxy) is 1. The fourth-order valence-corrected chi connectivity index (χ4v) is 4.79. The molecule has 146 valence electrons. The highest BCUT2D eigenvalue weighted by molar-refractivity contribution is 9.10. The van der Waals surface area contributed by atoms with E-state index in [2.05, 4.69) is 88.7 Å². The van der Waals surface area contributed by atoms with Crippen molar-refractivity contribution in [2.45, 2.75) is 0 Å². The van der Waals surface area contributed by atoms with Gasteiger partial charge in [-0.05, 0) is 62.5 Å². The van der Waals surface area contributed by atoms with Gasteiger partial charge in [0.2, 0.25) is 0 Å². The molecule has 0 fully saturated rings. The molecule has 0 spiro atoms. The van der Waals surface area contributed by atoms with Crippen molar-refractivity contribution in [2.24, 2.45) is 0 Å². The number of methoxy groups -OCH3 is 1. The maximum Gasteiger partial charge on any atom is 0.128 e. The van der Waals surface area contributed by atoms with Gasteiger partial charge in [-0.2, -0.15) is 0 Å². The van der Waals surface area contributed by atoms with Gasteiger partial charge in [0, 0.05) is 15.1 Å². The summed E-state index contributed by atoms with van der Waals surface area (Å²) in [6.45, 7) is 0. The molecule has 0 aliphatic heterocycles. The summed E-state index contributed by atoms with van der Waals surface area (Å²) in [7, 11) is 1.68. The van der Waals surface area contributed by atoms with Gasteiger partial charge >= 0.3 is 0 Å². The minimum Gasteiger partial charge on any atom is -0.496 e. The molecular weight excluding hydrogens is 456 g/mol. The van der Waals surface area contributed by atoms with Crippen LogP contribution >= 0.6 is 27.5 Å². The smallest absolute Gasteiger partial charge is 0.128 e. The van der Waals surface area contributed by atoms with Gasteiger partial charge in [0.05, 0.1) is 7.11 Å². The third-order valence-corrected chi connectivity index (χ3v) is 6.47. The summed E-state index contributed by atoms with van der Waals surface area (Å²) < 4.78 is 6.73. The molecule has 0 saturated carbocycles. The second kappa shape index (κ2) is 7.79. The summed E-state index contributed by atoms with van der Waals surface area (Å²) in [4.78, 5) is 0. The molecule has 0 aliphatic rings. The largest absolute Gasteiger partial charge is 0.496 e. The maximum absolute atomic E-state index is 6.19. The zero-order valence-electron chi connectivity index (χ0n) is 16.3. The van der Waals surface area contributed by atoms with Crippen LogP contribution in [0.5, 0.6) is 5.75 Å². The first-order valence-electron chi connectivity index (χ1n) is 9.70. The molecule has 0 saturated heterocycles. The summed E-state index contributed by atoms with van der Waals surface area (Å²) in [5.74, 6) is 0.773. The molecule has 5 aromatic rings. The highest BCUT2D eigenvalue weighted by Gasteiger charge is 2.14. The Bertz CT molecular complexity index is 1410. The fourth-order valence-electron chi connectivity index (χ4n) is 4.15. The first-order valence-corrected chi connectivity index (χ1v) is 10.9. The first-order chi connectivity index (χ1) is 14.7. The lowest BCUT2D eigenvalue weighted by Gasteiger charge is -2.16. The Kier molecular flexibility index (Phi) is 4.98. The summed E-state index contributed by atoms with van der Waals surface area (Å²) >= 11 is 9.88. The van der Waals surface area contributed by atoms with Gasteiger partial charge in [0.15, 0.2) is 0 Å². The fraction of sp³-hybridized carbons (Fsp3) is 0.0370. The molecule has 0 aromatic heterocycles. The van der Waals surface area contributed by atoms with Crippen molar-refractivity contribution in [3.63, 3.8) is 0 Å². The van der Waals surface area contributed by atoms with E-state index < -0.39 is 0 Å². The average Bonchev–Trinajstić information content (AvgIpc) is 2.79. The molecule has 0 heterocycles. The second-order valence-corrected chi connectivity index (χ2v) is 8.48. The van der Waals surface area contributed by atoms with Gasteiger partial charge in [-0.15, -0.1) is 0 Å². The van der Waals surface area contributed by atoms with Crippen molar-refractivity contribution in [1.82, 2.24) is 0 Å². The Labute approximate surface area is 189 Å². The molecule has 30 heavy (non-hydrogen) atoms. The van der Waals surface area contributed by atoms with Crippen LogP contribution in [0, 0.1) is 0 Å². The molecule has 3 heteroatoms. The lowest BCUT2D eigenvalue weighted by Crippen LogP contribution is -1.91. The summed E-state index contributed by atoms with van der Waals surface area (Å²) in [6, 6.07) is 31.5. The molecule has 0 aliphatic carbocycles. The molecule has 0 radical (unpaired) electrons. The van der Waals surface area contributed by atoms with Crippen LogP contribution in [0.4, 0.5) is 0 Å². The molecule has 0 bridgehead atoms. The Morgan fingerprint density at radius 2 is 1.07 bits per heavy atom. The van der Waals surface area contributed by atoms with E-state index in [1.807, 2.05) is 18.2 Å². The minimum atomic E-state index is 0.665. The third-order valence-electron chi connectivity index (χ3n) is 5.54. The van der Waals surface area contributed by atoms with E-state index in [0.29, 0.717) is 5.02 Å². The van der Waals surface area contributed by atoms with Crippen LogP contribution < -0.4 is 4.74 Å². The number of halogens is 2. The van der Waals surface area contributed by atoms with Crippen molar-refractivity contribution in [1.29, 1.82) is 0 Å². The zero-order valence-corrected chi connectivity index (χ0v) is 18.7. The van der Waals surface area contributed by atoms with Gasteiger partial charge < -0.3 is 4.74 Å². The third kappa shape index (κ3) is 3.17. The zero-order chi connectivity index (χ0) is 20.7. The van der Waals surface area contributed by atoms with E-state index in [0.717, 1.165) is 21.3 Å². The van der Waals surface area contributed by atoms with Crippen LogP contribution in [0.25, 0.3) is 43.8 Å². The monoisotopic (exact) mass is 472 g/mol. The van der Waals surface area contributed by atoms with E-state index in [4.69, 9.17) is 16.3 Å². The summed E-state index contributed by atoms with van der Waals surface area (Å²) in [6.07, 6.45) is 0. The van der Waals surface area contributed by atoms with Gasteiger partial charge in [-0.1, -0.05) is 94.3 Å². The van der Waals surface area contributed by atoms with E-state index in [-0.39, 0.29) is 0 Å². The number of hydrogen-bond acceptors (Lipinski definition) is 1. The summed E-state index contributed by atoms with van der Waals surface area (Å²) in [5.41, 5.74) is 4.60. The molecule has 0 amide bonds. The number of benzene rings is 5. The van der Waals surface area contributed by atoms with Crippen LogP contribution in [0.2, 0.25) is 5.02 Å². The maximum atomic E-state index is 6.19. The Balaban J connectivity index is 1.81. The van der Waals surface area contributed by atoms with Crippen molar-refractivity contribution in [2.75, 3.05) is 7.11 Å². The molecule has 0 atom stereocenters. The van der Waals surface area contributed by atoms with E-state index in [1.165, 1.54) is 32.7 Å². The van der Waals surface area contributed by atoms with Gasteiger partial charge in [0.1, 0.15) is 5.75 Å². The topological polar surface area (TPSA) is 9.23 Å². The van der Waals surface area contributed by atoms with Crippen molar-refractivity contribution >= 4 is 49.1 Å². The van der Waals surface area contributed by atoms with Crippen LogP contribution in [-0.2, 0) is 0 Å². The first kappa shape index (κ1) is 19.2. The lowest BCUT2D eigenvalue weighted by atomic mass is 9.90. The Morgan fingerprint density at radius 1 is 0.600 bits per heavy atom. The number of fused-ring (bicyclic) bond motifs is 2. The Hall–Kier alpha value is -2.81. The Morgan fingerprint density at radius 3 is 1.67 bits per heavy atom. The molecule has 5 aromatic carbocycles. The summed E-state index contributed by atoms with van der Waals surface area (Å²) in [5, 5.41) is 5.50. The molecular formula is C27H18BrClO. The average molecular weight is 474 g/mol. The minimum absolute atomic E-state index is 0.665. The molecule has 0 unspecified atom stereocenters. The van der Waals surface area contributed by atoms with Crippen LogP contribution in [0.3, 0.4) is 0 Å². The van der Waals surface area contributed by atoms with Gasteiger partial charge in [0.25, 0.3) is 0 Å². The van der Waals surface area contributed by atoms with Crippen LogP contribution in [-0.4, -0.2) is 7.11 Å². The molecule has 1 nitrogen and oxygen atoms in total. The standard InChI is InChI=1S/C27H18BrClO/c1-30-27-16-17(29)10-11-25(27)23-13-12-21(18-6-2-3-7-19(18)23)22-14-15-26(28)24-9-5-4-8-20(22)24/h2-16H,1H3. The van der Waals surface area contributed by atoms with E-state index in [9.17, 15) is 0 Å². The molecule has 0 N–H and O–H groups in total. The SMILES string of the molecule is COc1cc(Cl)ccc1-c1ccc(-c2ccc(Br)c3ccccc23)c2ccccc12. The lowest BCUT2D eigenvalue weighted by molar-refractivity contribution is 0.416.